The van der Waals surface area contributed by atoms with Crippen LogP contribution in [0.25, 0.3) is 0 Å². The van der Waals surface area contributed by atoms with E-state index >= 15 is 0 Å². The van der Waals surface area contributed by atoms with Crippen molar-refractivity contribution in [3.8, 4) is 0 Å². The van der Waals surface area contributed by atoms with Gasteiger partial charge < -0.3 is 10.8 Å². The van der Waals surface area contributed by atoms with Gasteiger partial charge in [0, 0.05) is 6.54 Å². The molecule has 3 nitrogen and oxygen atoms in total. The smallest absolute Gasteiger partial charge is 0.0902 e. The molecular formula is C9H18N2OS. The van der Waals surface area contributed by atoms with Crippen LogP contribution >= 0.6 is 12.2 Å². The van der Waals surface area contributed by atoms with Crippen LogP contribution < -0.4 is 5.73 Å². The Kier molecular flexibility index (Phi) is 4.09. The van der Waals surface area contributed by atoms with Crippen molar-refractivity contribution in [2.24, 2.45) is 5.73 Å². The van der Waals surface area contributed by atoms with Crippen LogP contribution in [0.15, 0.2) is 0 Å². The third-order valence-corrected chi connectivity index (χ3v) is 2.80. The van der Waals surface area contributed by atoms with Gasteiger partial charge in [-0.25, -0.2) is 0 Å². The second-order valence-electron chi connectivity index (χ2n) is 3.73. The third kappa shape index (κ3) is 3.21. The molecule has 1 heterocycles. The van der Waals surface area contributed by atoms with Gasteiger partial charge in [-0.15, -0.1) is 0 Å². The van der Waals surface area contributed by atoms with Gasteiger partial charge >= 0.3 is 0 Å². The Morgan fingerprint density at radius 2 is 2.46 bits per heavy atom. The number of aliphatic hydroxyl groups excluding tert-OH is 1. The van der Waals surface area contributed by atoms with Crippen molar-refractivity contribution >= 4 is 17.2 Å². The van der Waals surface area contributed by atoms with Gasteiger partial charge in [0.05, 0.1) is 17.1 Å². The SMILES string of the molecule is CC(O)CCN1CCCC1C(N)=S. The molecule has 1 saturated heterocycles. The Bertz CT molecular complexity index is 184. The van der Waals surface area contributed by atoms with Gasteiger partial charge in [0.2, 0.25) is 0 Å². The van der Waals surface area contributed by atoms with Crippen molar-refractivity contribution in [1.29, 1.82) is 0 Å². The van der Waals surface area contributed by atoms with E-state index in [1.165, 1.54) is 6.42 Å². The molecule has 3 N–H and O–H groups in total. The fourth-order valence-electron chi connectivity index (χ4n) is 1.77. The van der Waals surface area contributed by atoms with Crippen LogP contribution in [0.3, 0.4) is 0 Å². The first-order valence-electron chi connectivity index (χ1n) is 4.82. The molecule has 1 aliphatic rings. The standard InChI is InChI=1S/C9H18N2OS/c1-7(12)4-6-11-5-2-3-8(11)9(10)13/h7-8,12H,2-6H2,1H3,(H2,10,13). The van der Waals surface area contributed by atoms with Gasteiger partial charge in [-0.05, 0) is 32.7 Å². The van der Waals surface area contributed by atoms with E-state index in [4.69, 9.17) is 23.1 Å². The maximum Gasteiger partial charge on any atom is 0.0902 e. The maximum absolute atomic E-state index is 9.15. The number of hydrogen-bond acceptors (Lipinski definition) is 3. The topological polar surface area (TPSA) is 49.5 Å². The van der Waals surface area contributed by atoms with Gasteiger partial charge in [0.25, 0.3) is 0 Å². The Hall–Kier alpha value is -0.190. The monoisotopic (exact) mass is 202 g/mol. The first kappa shape index (κ1) is 10.9. The molecule has 0 aromatic heterocycles. The van der Waals surface area contributed by atoms with Crippen molar-refractivity contribution in [2.45, 2.75) is 38.3 Å². The summed E-state index contributed by atoms with van der Waals surface area (Å²) < 4.78 is 0. The predicted octanol–water partition coefficient (Wildman–Crippen LogP) is 0.508. The van der Waals surface area contributed by atoms with E-state index in [9.17, 15) is 0 Å². The van der Waals surface area contributed by atoms with Gasteiger partial charge in [-0.2, -0.15) is 0 Å². The van der Waals surface area contributed by atoms with Crippen LogP contribution in [0.2, 0.25) is 0 Å². The molecule has 0 amide bonds. The fraction of sp³-hybridized carbons (Fsp3) is 0.889. The summed E-state index contributed by atoms with van der Waals surface area (Å²) in [7, 11) is 0. The lowest BCUT2D eigenvalue weighted by Gasteiger charge is -2.23. The minimum Gasteiger partial charge on any atom is -0.393 e. The summed E-state index contributed by atoms with van der Waals surface area (Å²) in [5, 5.41) is 9.15. The van der Waals surface area contributed by atoms with Crippen LogP contribution in [0.4, 0.5) is 0 Å². The van der Waals surface area contributed by atoms with Gasteiger partial charge in [0.15, 0.2) is 0 Å². The second kappa shape index (κ2) is 4.88. The van der Waals surface area contributed by atoms with Crippen LogP contribution in [0, 0.1) is 0 Å². The summed E-state index contributed by atoms with van der Waals surface area (Å²) in [6.07, 6.45) is 2.82. The Labute approximate surface area is 84.9 Å². The van der Waals surface area contributed by atoms with Crippen LogP contribution in [0.1, 0.15) is 26.2 Å². The first-order chi connectivity index (χ1) is 6.11. The zero-order valence-corrected chi connectivity index (χ0v) is 8.89. The van der Waals surface area contributed by atoms with E-state index in [1.807, 2.05) is 6.92 Å². The average Bonchev–Trinajstić information content (AvgIpc) is 2.47. The van der Waals surface area contributed by atoms with Crippen molar-refractivity contribution in [2.75, 3.05) is 13.1 Å². The molecule has 76 valence electrons. The molecule has 0 radical (unpaired) electrons. The molecule has 0 aliphatic carbocycles. The van der Waals surface area contributed by atoms with Crippen molar-refractivity contribution < 1.29 is 5.11 Å². The lowest BCUT2D eigenvalue weighted by Crippen LogP contribution is -2.40. The van der Waals surface area contributed by atoms with Gasteiger partial charge in [0.1, 0.15) is 0 Å². The highest BCUT2D eigenvalue weighted by atomic mass is 32.1. The molecule has 0 bridgehead atoms. The quantitative estimate of drug-likeness (QED) is 0.652. The van der Waals surface area contributed by atoms with Crippen LogP contribution in [-0.4, -0.2) is 40.2 Å². The molecule has 2 unspecified atom stereocenters. The van der Waals surface area contributed by atoms with Crippen molar-refractivity contribution in [3.05, 3.63) is 0 Å². The van der Waals surface area contributed by atoms with Crippen molar-refractivity contribution in [3.63, 3.8) is 0 Å². The molecule has 13 heavy (non-hydrogen) atoms. The highest BCUT2D eigenvalue weighted by Gasteiger charge is 2.26. The normalized spacial score (nSPS) is 26.2. The Balaban J connectivity index is 2.35. The fourth-order valence-corrected chi connectivity index (χ4v) is 2.04. The van der Waals surface area contributed by atoms with Crippen LogP contribution in [-0.2, 0) is 0 Å². The summed E-state index contributed by atoms with van der Waals surface area (Å²) in [5.74, 6) is 0. The van der Waals surface area contributed by atoms with E-state index in [0.29, 0.717) is 4.99 Å². The molecule has 1 aliphatic heterocycles. The summed E-state index contributed by atoms with van der Waals surface area (Å²) in [5.41, 5.74) is 5.62. The molecule has 0 spiro atoms. The maximum atomic E-state index is 9.15. The summed E-state index contributed by atoms with van der Waals surface area (Å²) in [6.45, 7) is 3.78. The number of aliphatic hydroxyl groups is 1. The number of likely N-dealkylation sites (tertiary alicyclic amines) is 1. The largest absolute Gasteiger partial charge is 0.393 e. The highest BCUT2D eigenvalue weighted by Crippen LogP contribution is 2.17. The Morgan fingerprint density at radius 3 is 3.00 bits per heavy atom. The molecule has 0 aromatic carbocycles. The number of nitrogens with zero attached hydrogens (tertiary/aromatic N) is 1. The van der Waals surface area contributed by atoms with Gasteiger partial charge in [-0.3, -0.25) is 4.90 Å². The minimum atomic E-state index is -0.229. The minimum absolute atomic E-state index is 0.229. The predicted molar refractivity (Wildman–Crippen MR) is 57.7 cm³/mol. The molecular weight excluding hydrogens is 184 g/mol. The summed E-state index contributed by atoms with van der Waals surface area (Å²) >= 11 is 4.99. The number of thiocarbonyl (C=S) groups is 1. The van der Waals surface area contributed by atoms with Gasteiger partial charge in [-0.1, -0.05) is 12.2 Å². The molecule has 1 fully saturated rings. The highest BCUT2D eigenvalue weighted by molar-refractivity contribution is 7.80. The zero-order valence-electron chi connectivity index (χ0n) is 8.07. The second-order valence-corrected chi connectivity index (χ2v) is 4.21. The molecule has 1 rings (SSSR count). The van der Waals surface area contributed by atoms with E-state index in [0.717, 1.165) is 25.9 Å². The van der Waals surface area contributed by atoms with E-state index in [2.05, 4.69) is 4.90 Å². The van der Waals surface area contributed by atoms with Crippen molar-refractivity contribution in [1.82, 2.24) is 4.90 Å². The lowest BCUT2D eigenvalue weighted by atomic mass is 10.2. The molecule has 4 heteroatoms. The molecule has 0 aromatic rings. The number of nitrogens with two attached hydrogens (primary N) is 1. The Morgan fingerprint density at radius 1 is 1.77 bits per heavy atom. The molecule has 0 saturated carbocycles. The van der Waals surface area contributed by atoms with Crippen LogP contribution in [0.5, 0.6) is 0 Å². The average molecular weight is 202 g/mol. The lowest BCUT2D eigenvalue weighted by molar-refractivity contribution is 0.159. The summed E-state index contributed by atoms with van der Waals surface area (Å²) in [6, 6.07) is 0.272. The zero-order chi connectivity index (χ0) is 9.84. The first-order valence-corrected chi connectivity index (χ1v) is 5.23. The number of hydrogen-bond donors (Lipinski definition) is 2. The van der Waals surface area contributed by atoms with E-state index < -0.39 is 0 Å². The molecule has 2 atom stereocenters. The van der Waals surface area contributed by atoms with E-state index in [-0.39, 0.29) is 12.1 Å². The van der Waals surface area contributed by atoms with E-state index in [1.54, 1.807) is 0 Å². The number of rotatable bonds is 4. The third-order valence-electron chi connectivity index (χ3n) is 2.53. The summed E-state index contributed by atoms with van der Waals surface area (Å²) in [4.78, 5) is 2.87.